The fourth-order valence-electron chi connectivity index (χ4n) is 1.60. The second kappa shape index (κ2) is 3.77. The van der Waals surface area contributed by atoms with Crippen molar-refractivity contribution < 1.29 is 4.74 Å². The maximum atomic E-state index is 11.2. The highest BCUT2D eigenvalue weighted by Gasteiger charge is 2.06. The number of H-pyrrole nitrogens is 1. The van der Waals surface area contributed by atoms with Crippen LogP contribution in [0.2, 0.25) is 0 Å². The van der Waals surface area contributed by atoms with E-state index in [4.69, 9.17) is 10.5 Å². The fraction of sp³-hybridized carbons (Fsp3) is 0.182. The Kier molecular flexibility index (Phi) is 2.44. The summed E-state index contributed by atoms with van der Waals surface area (Å²) < 4.78 is 6.71. The van der Waals surface area contributed by atoms with Gasteiger partial charge in [-0.3, -0.25) is 14.6 Å². The number of nitrogens with two attached hydrogens (primary N) is 1. The molecule has 0 aliphatic heterocycles. The molecule has 0 aliphatic rings. The second-order valence-electron chi connectivity index (χ2n) is 3.52. The molecule has 0 bridgehead atoms. The van der Waals surface area contributed by atoms with Gasteiger partial charge >= 0.3 is 0 Å². The first kappa shape index (κ1) is 10.4. The van der Waals surface area contributed by atoms with Crippen molar-refractivity contribution in [3.8, 4) is 11.4 Å². The molecule has 0 atom stereocenters. The largest absolute Gasteiger partial charge is 0.497 e. The molecule has 1 heterocycles. The van der Waals surface area contributed by atoms with Crippen molar-refractivity contribution in [1.29, 1.82) is 0 Å². The van der Waals surface area contributed by atoms with Crippen molar-refractivity contribution in [3.05, 3.63) is 40.3 Å². The van der Waals surface area contributed by atoms with E-state index >= 15 is 0 Å². The van der Waals surface area contributed by atoms with Crippen LogP contribution in [-0.2, 0) is 0 Å². The predicted octanol–water partition coefficient (Wildman–Crippen LogP) is 1.06. The number of anilines is 1. The minimum atomic E-state index is -0.146. The number of aryl methyl sites for hydroxylation is 1. The van der Waals surface area contributed by atoms with Gasteiger partial charge in [0.2, 0.25) is 0 Å². The van der Waals surface area contributed by atoms with Crippen LogP contribution in [0, 0.1) is 6.92 Å². The number of hydrogen-bond donors (Lipinski definition) is 2. The van der Waals surface area contributed by atoms with E-state index in [1.165, 1.54) is 6.07 Å². The van der Waals surface area contributed by atoms with Crippen molar-refractivity contribution in [3.63, 3.8) is 0 Å². The first-order valence-electron chi connectivity index (χ1n) is 4.84. The number of benzene rings is 1. The summed E-state index contributed by atoms with van der Waals surface area (Å²) in [5.41, 5.74) is 7.83. The van der Waals surface area contributed by atoms with Crippen molar-refractivity contribution in [2.75, 3.05) is 12.8 Å². The lowest BCUT2D eigenvalue weighted by Crippen LogP contribution is -2.07. The maximum Gasteiger partial charge on any atom is 0.264 e. The molecule has 1 aromatic carbocycles. The number of rotatable bonds is 2. The number of nitrogen functional groups attached to an aromatic ring is 1. The van der Waals surface area contributed by atoms with E-state index in [0.29, 0.717) is 11.4 Å². The monoisotopic (exact) mass is 219 g/mol. The average molecular weight is 219 g/mol. The summed E-state index contributed by atoms with van der Waals surface area (Å²) in [4.78, 5) is 11.2. The molecular formula is C11H13N3O2. The topological polar surface area (TPSA) is 73.0 Å². The first-order valence-corrected chi connectivity index (χ1v) is 4.84. The normalized spacial score (nSPS) is 10.4. The van der Waals surface area contributed by atoms with Crippen LogP contribution in [0.15, 0.2) is 29.1 Å². The molecule has 5 nitrogen and oxygen atoms in total. The van der Waals surface area contributed by atoms with E-state index in [1.54, 1.807) is 30.0 Å². The molecule has 84 valence electrons. The standard InChI is InChI=1S/C11H13N3O2/c1-7-5-11(15)13-14(7)10-4-3-8(16-2)6-9(10)12/h3-6H,12H2,1-2H3,(H,13,15). The molecule has 16 heavy (non-hydrogen) atoms. The van der Waals surface area contributed by atoms with Crippen molar-refractivity contribution in [2.24, 2.45) is 0 Å². The highest BCUT2D eigenvalue weighted by atomic mass is 16.5. The molecule has 3 N–H and O–H groups in total. The van der Waals surface area contributed by atoms with E-state index < -0.39 is 0 Å². The summed E-state index contributed by atoms with van der Waals surface area (Å²) in [6.45, 7) is 1.83. The highest BCUT2D eigenvalue weighted by molar-refractivity contribution is 5.60. The smallest absolute Gasteiger partial charge is 0.264 e. The van der Waals surface area contributed by atoms with Crippen molar-refractivity contribution in [2.45, 2.75) is 6.92 Å². The van der Waals surface area contributed by atoms with Crippen LogP contribution >= 0.6 is 0 Å². The number of nitrogens with one attached hydrogen (secondary N) is 1. The maximum absolute atomic E-state index is 11.2. The molecule has 0 fully saturated rings. The molecule has 2 aromatic rings. The molecule has 5 heteroatoms. The summed E-state index contributed by atoms with van der Waals surface area (Å²) >= 11 is 0. The lowest BCUT2D eigenvalue weighted by molar-refractivity contribution is 0.415. The Morgan fingerprint density at radius 3 is 2.62 bits per heavy atom. The Hall–Kier alpha value is -2.17. The molecule has 0 saturated carbocycles. The zero-order valence-electron chi connectivity index (χ0n) is 9.15. The summed E-state index contributed by atoms with van der Waals surface area (Å²) in [5.74, 6) is 0.688. The van der Waals surface area contributed by atoms with Crippen LogP contribution in [0.25, 0.3) is 5.69 Å². The molecule has 0 aliphatic carbocycles. The van der Waals surface area contributed by atoms with Crippen molar-refractivity contribution in [1.82, 2.24) is 9.78 Å². The Bertz CT molecular complexity index is 569. The van der Waals surface area contributed by atoms with Crippen LogP contribution < -0.4 is 16.0 Å². The zero-order valence-corrected chi connectivity index (χ0v) is 9.15. The Balaban J connectivity index is 2.56. The minimum Gasteiger partial charge on any atom is -0.497 e. The van der Waals surface area contributed by atoms with E-state index in [-0.39, 0.29) is 5.56 Å². The third-order valence-electron chi connectivity index (χ3n) is 2.39. The van der Waals surface area contributed by atoms with Gasteiger partial charge in [0, 0.05) is 17.8 Å². The van der Waals surface area contributed by atoms with E-state index in [1.807, 2.05) is 6.92 Å². The Morgan fingerprint density at radius 1 is 1.38 bits per heavy atom. The molecule has 0 radical (unpaired) electrons. The van der Waals surface area contributed by atoms with Crippen LogP contribution in [0.1, 0.15) is 5.69 Å². The number of methoxy groups -OCH3 is 1. The van der Waals surface area contributed by atoms with Gasteiger partial charge in [0.25, 0.3) is 5.56 Å². The molecule has 2 rings (SSSR count). The van der Waals surface area contributed by atoms with Gasteiger partial charge in [-0.05, 0) is 19.1 Å². The third-order valence-corrected chi connectivity index (χ3v) is 2.39. The third kappa shape index (κ3) is 1.67. The van der Waals surface area contributed by atoms with Gasteiger partial charge in [0.15, 0.2) is 0 Å². The summed E-state index contributed by atoms with van der Waals surface area (Å²) in [6.07, 6.45) is 0. The van der Waals surface area contributed by atoms with Gasteiger partial charge in [0.1, 0.15) is 5.75 Å². The summed E-state index contributed by atoms with van der Waals surface area (Å²) in [7, 11) is 1.58. The van der Waals surface area contributed by atoms with E-state index in [9.17, 15) is 4.79 Å². The van der Waals surface area contributed by atoms with Crippen LogP contribution in [0.5, 0.6) is 5.75 Å². The number of aromatic nitrogens is 2. The van der Waals surface area contributed by atoms with Gasteiger partial charge in [-0.1, -0.05) is 0 Å². The Morgan fingerprint density at radius 2 is 2.12 bits per heavy atom. The number of aromatic amines is 1. The van der Waals surface area contributed by atoms with Crippen LogP contribution in [0.4, 0.5) is 5.69 Å². The predicted molar refractivity (Wildman–Crippen MR) is 62.1 cm³/mol. The van der Waals surface area contributed by atoms with Gasteiger partial charge in [-0.15, -0.1) is 0 Å². The molecule has 0 saturated heterocycles. The molecular weight excluding hydrogens is 206 g/mol. The van der Waals surface area contributed by atoms with Crippen LogP contribution in [0.3, 0.4) is 0 Å². The minimum absolute atomic E-state index is 0.146. The van der Waals surface area contributed by atoms with Gasteiger partial charge in [0.05, 0.1) is 18.5 Å². The fourth-order valence-corrected chi connectivity index (χ4v) is 1.60. The number of nitrogens with zero attached hydrogens (tertiary/aromatic N) is 1. The Labute approximate surface area is 92.4 Å². The average Bonchev–Trinajstić information content (AvgIpc) is 2.57. The molecule has 1 aromatic heterocycles. The summed E-state index contributed by atoms with van der Waals surface area (Å²) in [6, 6.07) is 6.83. The van der Waals surface area contributed by atoms with E-state index in [2.05, 4.69) is 5.10 Å². The SMILES string of the molecule is COc1ccc(-n2[nH]c(=O)cc2C)c(N)c1. The zero-order chi connectivity index (χ0) is 11.7. The molecule has 0 spiro atoms. The number of ether oxygens (including phenoxy) is 1. The summed E-state index contributed by atoms with van der Waals surface area (Å²) in [5, 5.41) is 2.68. The van der Waals surface area contributed by atoms with Gasteiger partial charge in [-0.2, -0.15) is 0 Å². The van der Waals surface area contributed by atoms with Crippen LogP contribution in [-0.4, -0.2) is 16.9 Å². The highest BCUT2D eigenvalue weighted by Crippen LogP contribution is 2.22. The quantitative estimate of drug-likeness (QED) is 0.742. The second-order valence-corrected chi connectivity index (χ2v) is 3.52. The number of hydrogen-bond acceptors (Lipinski definition) is 3. The lowest BCUT2D eigenvalue weighted by atomic mass is 10.2. The lowest BCUT2D eigenvalue weighted by Gasteiger charge is -2.10. The van der Waals surface area contributed by atoms with Gasteiger partial charge in [-0.25, -0.2) is 0 Å². The van der Waals surface area contributed by atoms with E-state index in [0.717, 1.165) is 11.4 Å². The molecule has 0 amide bonds. The molecule has 0 unspecified atom stereocenters. The van der Waals surface area contributed by atoms with Gasteiger partial charge < -0.3 is 10.5 Å². The van der Waals surface area contributed by atoms with Crippen molar-refractivity contribution >= 4 is 5.69 Å². The first-order chi connectivity index (χ1) is 7.61.